The number of fused-ring (bicyclic) bond motifs is 2. The molecule has 2 aromatic rings. The minimum absolute atomic E-state index is 0.0354. The van der Waals surface area contributed by atoms with E-state index in [1.54, 1.807) is 16.7 Å². The van der Waals surface area contributed by atoms with Crippen LogP contribution in [0.1, 0.15) is 86.3 Å². The van der Waals surface area contributed by atoms with E-state index in [2.05, 4.69) is 135 Å². The highest BCUT2D eigenvalue weighted by molar-refractivity contribution is 5.87. The Kier molecular flexibility index (Phi) is 5.40. The fourth-order valence-corrected chi connectivity index (χ4v) is 7.74. The molecule has 0 amide bonds. The topological polar surface area (TPSA) is 0 Å². The zero-order valence-corrected chi connectivity index (χ0v) is 24.9. The lowest BCUT2D eigenvalue weighted by molar-refractivity contribution is 0.349. The average Bonchev–Trinajstić information content (AvgIpc) is 3.48. The molecule has 0 N–H and O–H groups in total. The van der Waals surface area contributed by atoms with E-state index < -0.39 is 0 Å². The van der Waals surface area contributed by atoms with Crippen LogP contribution in [0, 0.1) is 22.2 Å². The van der Waals surface area contributed by atoms with Crippen molar-refractivity contribution in [1.82, 2.24) is 0 Å². The van der Waals surface area contributed by atoms with Gasteiger partial charge in [-0.3, -0.25) is 0 Å². The fourth-order valence-electron chi connectivity index (χ4n) is 7.74. The van der Waals surface area contributed by atoms with Gasteiger partial charge < -0.3 is 0 Å². The minimum Gasteiger partial charge on any atom is -0.0726 e. The van der Waals surface area contributed by atoms with Crippen LogP contribution >= 0.6 is 0 Å². The molecule has 0 fully saturated rings. The van der Waals surface area contributed by atoms with Gasteiger partial charge in [-0.2, -0.15) is 0 Å². The van der Waals surface area contributed by atoms with Crippen LogP contribution in [0.3, 0.4) is 0 Å². The van der Waals surface area contributed by atoms with Gasteiger partial charge in [-0.25, -0.2) is 0 Å². The summed E-state index contributed by atoms with van der Waals surface area (Å²) in [5.74, 6) is 0.347. The van der Waals surface area contributed by atoms with Crippen molar-refractivity contribution in [1.29, 1.82) is 0 Å². The van der Waals surface area contributed by atoms with Crippen molar-refractivity contribution in [2.24, 2.45) is 22.2 Å². The Morgan fingerprint density at radius 2 is 1.50 bits per heavy atom. The quantitative estimate of drug-likeness (QED) is 0.387. The highest BCUT2D eigenvalue weighted by atomic mass is 14.6. The second kappa shape index (κ2) is 8.08. The van der Waals surface area contributed by atoms with Gasteiger partial charge in [-0.15, -0.1) is 0 Å². The molecular weight excluding hydrogens is 456 g/mol. The minimum atomic E-state index is 0.0354. The maximum atomic E-state index is 2.56. The standard InChI is InChI=1S/C38H44/c1-35(2,3)26-15-17-28-30(21-26)31-22-27(36(4,5)6)16-18-29(31)34(28)38(9)23-37(7,8)32-19-25(20-33(32)38)24-13-11-10-12-14-24/h10-19,21-22,28H,20,23H2,1-9H3. The third-order valence-electron chi connectivity index (χ3n) is 9.72. The molecule has 0 aliphatic heterocycles. The van der Waals surface area contributed by atoms with Gasteiger partial charge in [-0.05, 0) is 78.5 Å². The van der Waals surface area contributed by atoms with E-state index in [1.165, 1.54) is 44.7 Å². The lowest BCUT2D eigenvalue weighted by atomic mass is 9.66. The molecule has 0 spiro atoms. The number of hydrogen-bond acceptors (Lipinski definition) is 0. The van der Waals surface area contributed by atoms with E-state index >= 15 is 0 Å². The summed E-state index contributed by atoms with van der Waals surface area (Å²) in [7, 11) is 0. The van der Waals surface area contributed by atoms with Crippen molar-refractivity contribution in [3.8, 4) is 0 Å². The summed E-state index contributed by atoms with van der Waals surface area (Å²) in [4.78, 5) is 0. The van der Waals surface area contributed by atoms with Crippen LogP contribution in [-0.4, -0.2) is 0 Å². The predicted molar refractivity (Wildman–Crippen MR) is 164 cm³/mol. The van der Waals surface area contributed by atoms with Crippen molar-refractivity contribution in [3.63, 3.8) is 0 Å². The number of hydrogen-bond donors (Lipinski definition) is 0. The van der Waals surface area contributed by atoms with Crippen molar-refractivity contribution in [2.45, 2.75) is 80.6 Å². The Morgan fingerprint density at radius 1 is 0.789 bits per heavy atom. The van der Waals surface area contributed by atoms with Gasteiger partial charge in [0.05, 0.1) is 0 Å². The summed E-state index contributed by atoms with van der Waals surface area (Å²) in [6, 6.07) is 18.4. The van der Waals surface area contributed by atoms with Crippen LogP contribution in [0.15, 0.2) is 89.6 Å². The van der Waals surface area contributed by atoms with E-state index in [-0.39, 0.29) is 21.7 Å². The van der Waals surface area contributed by atoms with E-state index in [0.29, 0.717) is 5.92 Å². The number of allylic oxidation sites excluding steroid dienone is 8. The van der Waals surface area contributed by atoms with Gasteiger partial charge in [0.15, 0.2) is 0 Å². The van der Waals surface area contributed by atoms with Gasteiger partial charge in [-0.1, -0.05) is 141 Å². The maximum absolute atomic E-state index is 2.56. The van der Waals surface area contributed by atoms with Gasteiger partial charge in [0, 0.05) is 11.3 Å². The molecule has 38 heavy (non-hydrogen) atoms. The molecule has 0 saturated carbocycles. The smallest absolute Gasteiger partial charge is 0.0255 e. The summed E-state index contributed by atoms with van der Waals surface area (Å²) in [5.41, 5.74) is 12.5. The SMILES string of the molecule is CC(C)(C)C1=CC2=c3cc(C(C)(C)C)ccc3=C(C3(C)CC(C)(C)C4=C3CC(c3ccccc3)=C4)C2C=C1. The molecule has 0 heteroatoms. The van der Waals surface area contributed by atoms with Crippen molar-refractivity contribution >= 4 is 16.7 Å². The first-order chi connectivity index (χ1) is 17.7. The number of benzene rings is 2. The van der Waals surface area contributed by atoms with E-state index in [0.717, 1.165) is 6.42 Å². The second-order valence-electron chi connectivity index (χ2n) is 15.1. The van der Waals surface area contributed by atoms with Crippen LogP contribution in [0.25, 0.3) is 16.7 Å². The summed E-state index contributed by atoms with van der Waals surface area (Å²) in [6.07, 6.45) is 12.3. The first-order valence-corrected chi connectivity index (χ1v) is 14.5. The molecule has 4 aliphatic rings. The molecule has 0 radical (unpaired) electrons. The normalized spacial score (nSPS) is 25.9. The molecule has 2 aromatic carbocycles. The van der Waals surface area contributed by atoms with Crippen LogP contribution < -0.4 is 10.4 Å². The van der Waals surface area contributed by atoms with Crippen molar-refractivity contribution in [2.75, 3.05) is 0 Å². The van der Waals surface area contributed by atoms with Gasteiger partial charge >= 0.3 is 0 Å². The Bertz CT molecular complexity index is 1580. The molecule has 0 aromatic heterocycles. The van der Waals surface area contributed by atoms with E-state index in [9.17, 15) is 0 Å². The van der Waals surface area contributed by atoms with Crippen LogP contribution in [0.2, 0.25) is 0 Å². The lowest BCUT2D eigenvalue weighted by Crippen LogP contribution is -2.32. The Hall–Kier alpha value is -2.86. The first-order valence-electron chi connectivity index (χ1n) is 14.5. The largest absolute Gasteiger partial charge is 0.0726 e. The highest BCUT2D eigenvalue weighted by Crippen LogP contribution is 2.64. The zero-order valence-electron chi connectivity index (χ0n) is 24.9. The van der Waals surface area contributed by atoms with Gasteiger partial charge in [0.25, 0.3) is 0 Å². The van der Waals surface area contributed by atoms with Crippen molar-refractivity contribution < 1.29 is 0 Å². The molecule has 2 atom stereocenters. The predicted octanol–water partition coefficient (Wildman–Crippen LogP) is 8.68. The second-order valence-corrected chi connectivity index (χ2v) is 15.1. The van der Waals surface area contributed by atoms with Crippen molar-refractivity contribution in [3.05, 3.63) is 111 Å². The van der Waals surface area contributed by atoms with E-state index in [1.807, 2.05) is 0 Å². The maximum Gasteiger partial charge on any atom is 0.0255 e. The molecule has 6 rings (SSSR count). The molecule has 0 nitrogen and oxygen atoms in total. The third kappa shape index (κ3) is 3.78. The average molecular weight is 501 g/mol. The summed E-state index contributed by atoms with van der Waals surface area (Å²) in [6.45, 7) is 21.5. The van der Waals surface area contributed by atoms with Crippen LogP contribution in [0.4, 0.5) is 0 Å². The highest BCUT2D eigenvalue weighted by Gasteiger charge is 2.52. The lowest BCUT2D eigenvalue weighted by Gasteiger charge is -2.37. The molecule has 2 unspecified atom stereocenters. The Balaban J connectivity index is 1.57. The van der Waals surface area contributed by atoms with Crippen LogP contribution in [-0.2, 0) is 5.41 Å². The van der Waals surface area contributed by atoms with E-state index in [4.69, 9.17) is 0 Å². The first kappa shape index (κ1) is 25.4. The molecule has 4 aliphatic carbocycles. The summed E-state index contributed by atoms with van der Waals surface area (Å²) >= 11 is 0. The van der Waals surface area contributed by atoms with Gasteiger partial charge in [0.1, 0.15) is 0 Å². The molecular formula is C38H44. The van der Waals surface area contributed by atoms with Gasteiger partial charge in [0.2, 0.25) is 0 Å². The monoisotopic (exact) mass is 500 g/mol. The molecule has 0 heterocycles. The zero-order chi connectivity index (χ0) is 27.3. The fraction of sp³-hybridized carbons (Fsp3) is 0.421. The molecule has 0 bridgehead atoms. The number of rotatable bonds is 2. The molecule has 196 valence electrons. The Morgan fingerprint density at radius 3 is 2.16 bits per heavy atom. The molecule has 0 saturated heterocycles. The summed E-state index contributed by atoms with van der Waals surface area (Å²) in [5, 5.41) is 2.94. The van der Waals surface area contributed by atoms with Crippen LogP contribution in [0.5, 0.6) is 0 Å². The third-order valence-corrected chi connectivity index (χ3v) is 9.72. The summed E-state index contributed by atoms with van der Waals surface area (Å²) < 4.78 is 0. The Labute approximate surface area is 230 Å².